The van der Waals surface area contributed by atoms with E-state index in [1.54, 1.807) is 7.11 Å². The molecule has 20 heavy (non-hydrogen) atoms. The maximum absolute atomic E-state index is 9.63. The molecule has 0 aliphatic rings. The van der Waals surface area contributed by atoms with Crippen LogP contribution in [0.25, 0.3) is 0 Å². The number of hydrogen-bond acceptors (Lipinski definition) is 4. The van der Waals surface area contributed by atoms with Gasteiger partial charge in [0.1, 0.15) is 18.5 Å². The van der Waals surface area contributed by atoms with Gasteiger partial charge in [0, 0.05) is 13.7 Å². The number of aryl methyl sites for hydroxylation is 2. The van der Waals surface area contributed by atoms with E-state index in [-0.39, 0.29) is 13.2 Å². The zero-order chi connectivity index (χ0) is 15.0. The van der Waals surface area contributed by atoms with Gasteiger partial charge in [-0.1, -0.05) is 19.1 Å². The van der Waals surface area contributed by atoms with Crippen molar-refractivity contribution in [1.82, 2.24) is 5.32 Å². The highest BCUT2D eigenvalue weighted by molar-refractivity contribution is 5.43. The predicted octanol–water partition coefficient (Wildman–Crippen LogP) is 2.19. The summed E-state index contributed by atoms with van der Waals surface area (Å²) < 4.78 is 10.6. The molecule has 0 spiro atoms. The van der Waals surface area contributed by atoms with E-state index >= 15 is 0 Å². The van der Waals surface area contributed by atoms with E-state index in [0.29, 0.717) is 0 Å². The SMILES string of the molecule is CCCNCc1cc(C)c(OCC(O)COC)c(C)c1. The molecule has 1 rings (SSSR count). The van der Waals surface area contributed by atoms with Gasteiger partial charge >= 0.3 is 0 Å². The maximum atomic E-state index is 9.63. The van der Waals surface area contributed by atoms with Crippen LogP contribution in [0.15, 0.2) is 12.1 Å². The highest BCUT2D eigenvalue weighted by Gasteiger charge is 2.10. The predicted molar refractivity (Wildman–Crippen MR) is 81.3 cm³/mol. The lowest BCUT2D eigenvalue weighted by molar-refractivity contribution is 0.0322. The molecule has 0 saturated carbocycles. The highest BCUT2D eigenvalue weighted by atomic mass is 16.5. The summed E-state index contributed by atoms with van der Waals surface area (Å²) in [5.74, 6) is 0.861. The quantitative estimate of drug-likeness (QED) is 0.681. The number of benzene rings is 1. The number of aliphatic hydroxyl groups excluding tert-OH is 1. The van der Waals surface area contributed by atoms with E-state index in [1.807, 2.05) is 13.8 Å². The van der Waals surface area contributed by atoms with Crippen LogP contribution in [0.5, 0.6) is 5.75 Å². The van der Waals surface area contributed by atoms with Crippen molar-refractivity contribution in [2.75, 3.05) is 26.9 Å². The van der Waals surface area contributed by atoms with Crippen molar-refractivity contribution in [2.45, 2.75) is 39.8 Å². The summed E-state index contributed by atoms with van der Waals surface area (Å²) in [6, 6.07) is 4.27. The van der Waals surface area contributed by atoms with Gasteiger partial charge in [-0.05, 0) is 43.5 Å². The number of hydrogen-bond donors (Lipinski definition) is 2. The Balaban J connectivity index is 2.64. The van der Waals surface area contributed by atoms with E-state index in [1.165, 1.54) is 5.56 Å². The topological polar surface area (TPSA) is 50.7 Å². The van der Waals surface area contributed by atoms with Gasteiger partial charge in [0.15, 0.2) is 0 Å². The van der Waals surface area contributed by atoms with E-state index in [4.69, 9.17) is 9.47 Å². The first-order valence-corrected chi connectivity index (χ1v) is 7.19. The van der Waals surface area contributed by atoms with Crippen LogP contribution in [-0.4, -0.2) is 38.1 Å². The Morgan fingerprint density at radius 2 is 1.85 bits per heavy atom. The average Bonchev–Trinajstić information content (AvgIpc) is 2.38. The number of ether oxygens (including phenoxy) is 2. The summed E-state index contributed by atoms with van der Waals surface area (Å²) in [7, 11) is 1.57. The summed E-state index contributed by atoms with van der Waals surface area (Å²) in [6.45, 7) is 8.68. The molecule has 2 N–H and O–H groups in total. The molecular formula is C16H27NO3. The minimum absolute atomic E-state index is 0.253. The molecule has 0 amide bonds. The molecule has 4 nitrogen and oxygen atoms in total. The Bertz CT molecular complexity index is 384. The van der Waals surface area contributed by atoms with Gasteiger partial charge in [-0.3, -0.25) is 0 Å². The molecule has 1 aromatic carbocycles. The van der Waals surface area contributed by atoms with Gasteiger partial charge in [-0.15, -0.1) is 0 Å². The van der Waals surface area contributed by atoms with Crippen molar-refractivity contribution >= 4 is 0 Å². The molecule has 0 bridgehead atoms. The highest BCUT2D eigenvalue weighted by Crippen LogP contribution is 2.25. The molecule has 0 aliphatic carbocycles. The molecule has 0 heterocycles. The summed E-state index contributed by atoms with van der Waals surface area (Å²) >= 11 is 0. The fourth-order valence-electron chi connectivity index (χ4n) is 2.20. The molecule has 0 saturated heterocycles. The van der Waals surface area contributed by atoms with Crippen LogP contribution < -0.4 is 10.1 Å². The smallest absolute Gasteiger partial charge is 0.125 e. The van der Waals surface area contributed by atoms with E-state index < -0.39 is 6.10 Å². The van der Waals surface area contributed by atoms with Crippen LogP contribution in [-0.2, 0) is 11.3 Å². The lowest BCUT2D eigenvalue weighted by Crippen LogP contribution is -2.23. The Hall–Kier alpha value is -1.10. The zero-order valence-corrected chi connectivity index (χ0v) is 13.0. The standard InChI is InChI=1S/C16H27NO3/c1-5-6-17-9-14-7-12(2)16(13(3)8-14)20-11-15(18)10-19-4/h7-8,15,17-18H,5-6,9-11H2,1-4H3. The van der Waals surface area contributed by atoms with E-state index in [0.717, 1.165) is 36.4 Å². The summed E-state index contributed by atoms with van der Waals surface area (Å²) in [5.41, 5.74) is 3.46. The van der Waals surface area contributed by atoms with Gasteiger partial charge < -0.3 is 19.9 Å². The minimum Gasteiger partial charge on any atom is -0.490 e. The molecular weight excluding hydrogens is 254 g/mol. The lowest BCUT2D eigenvalue weighted by Gasteiger charge is -2.16. The molecule has 0 fully saturated rings. The van der Waals surface area contributed by atoms with Gasteiger partial charge in [0.25, 0.3) is 0 Å². The Morgan fingerprint density at radius 3 is 2.40 bits per heavy atom. The average molecular weight is 281 g/mol. The van der Waals surface area contributed by atoms with Crippen molar-refractivity contribution in [1.29, 1.82) is 0 Å². The molecule has 1 aromatic rings. The normalized spacial score (nSPS) is 12.4. The van der Waals surface area contributed by atoms with Crippen LogP contribution in [0.2, 0.25) is 0 Å². The first kappa shape index (κ1) is 17.0. The first-order valence-electron chi connectivity index (χ1n) is 7.19. The molecule has 0 aromatic heterocycles. The largest absolute Gasteiger partial charge is 0.490 e. The van der Waals surface area contributed by atoms with Gasteiger partial charge in [0.2, 0.25) is 0 Å². The summed E-state index contributed by atoms with van der Waals surface area (Å²) in [5, 5.41) is 13.0. The fraction of sp³-hybridized carbons (Fsp3) is 0.625. The third-order valence-corrected chi connectivity index (χ3v) is 3.06. The Morgan fingerprint density at radius 1 is 1.20 bits per heavy atom. The monoisotopic (exact) mass is 281 g/mol. The van der Waals surface area contributed by atoms with E-state index in [2.05, 4.69) is 24.4 Å². The number of methoxy groups -OCH3 is 1. The molecule has 0 radical (unpaired) electrons. The molecule has 114 valence electrons. The minimum atomic E-state index is -0.593. The second kappa shape index (κ2) is 8.95. The van der Waals surface area contributed by atoms with E-state index in [9.17, 15) is 5.11 Å². The third-order valence-electron chi connectivity index (χ3n) is 3.06. The summed E-state index contributed by atoms with van der Waals surface area (Å²) in [6.07, 6.45) is 0.543. The number of nitrogens with one attached hydrogen (secondary N) is 1. The number of rotatable bonds is 9. The molecule has 1 unspecified atom stereocenters. The van der Waals surface area contributed by atoms with Gasteiger partial charge in [-0.25, -0.2) is 0 Å². The van der Waals surface area contributed by atoms with Crippen molar-refractivity contribution in [2.24, 2.45) is 0 Å². The van der Waals surface area contributed by atoms with Gasteiger partial charge in [-0.2, -0.15) is 0 Å². The van der Waals surface area contributed by atoms with Crippen molar-refractivity contribution in [3.63, 3.8) is 0 Å². The molecule has 1 atom stereocenters. The molecule has 0 aliphatic heterocycles. The summed E-state index contributed by atoms with van der Waals surface area (Å²) in [4.78, 5) is 0. The van der Waals surface area contributed by atoms with Crippen molar-refractivity contribution < 1.29 is 14.6 Å². The van der Waals surface area contributed by atoms with Crippen LogP contribution in [0.1, 0.15) is 30.0 Å². The van der Waals surface area contributed by atoms with Gasteiger partial charge in [0.05, 0.1) is 6.61 Å². The second-order valence-electron chi connectivity index (χ2n) is 5.16. The van der Waals surface area contributed by atoms with Crippen LogP contribution in [0, 0.1) is 13.8 Å². The maximum Gasteiger partial charge on any atom is 0.125 e. The number of aliphatic hydroxyl groups is 1. The Kier molecular flexibility index (Phi) is 7.59. The Labute approximate surface area is 122 Å². The van der Waals surface area contributed by atoms with Crippen molar-refractivity contribution in [3.05, 3.63) is 28.8 Å². The van der Waals surface area contributed by atoms with Crippen LogP contribution >= 0.6 is 0 Å². The van der Waals surface area contributed by atoms with Crippen LogP contribution in [0.3, 0.4) is 0 Å². The fourth-order valence-corrected chi connectivity index (χ4v) is 2.20. The van der Waals surface area contributed by atoms with Crippen molar-refractivity contribution in [3.8, 4) is 5.75 Å². The third kappa shape index (κ3) is 5.49. The van der Waals surface area contributed by atoms with Crippen LogP contribution in [0.4, 0.5) is 0 Å². The second-order valence-corrected chi connectivity index (χ2v) is 5.16. The molecule has 4 heteroatoms. The first-order chi connectivity index (χ1) is 9.58. The lowest BCUT2D eigenvalue weighted by atomic mass is 10.1. The zero-order valence-electron chi connectivity index (χ0n) is 13.0.